The number of nitrogens with zero attached hydrogens (tertiary/aromatic N) is 3. The largest absolute Gasteiger partial charge is 0.487 e. The number of aryl methyl sites for hydroxylation is 1. The second kappa shape index (κ2) is 5.30. The van der Waals surface area contributed by atoms with Crippen molar-refractivity contribution in [1.29, 1.82) is 0 Å². The molecule has 3 rings (SSSR count). The van der Waals surface area contributed by atoms with Gasteiger partial charge >= 0.3 is 0 Å². The van der Waals surface area contributed by atoms with Crippen LogP contribution in [-0.4, -0.2) is 20.4 Å². The Hall–Kier alpha value is -2.41. The molecule has 0 spiro atoms. The summed E-state index contributed by atoms with van der Waals surface area (Å²) >= 11 is 1.61. The minimum atomic E-state index is 0.442. The molecular formula is C13H13N5OS. The van der Waals surface area contributed by atoms with Crippen LogP contribution in [0.3, 0.4) is 0 Å². The van der Waals surface area contributed by atoms with Crippen molar-refractivity contribution in [1.82, 2.24) is 20.4 Å². The number of thiazole rings is 1. The van der Waals surface area contributed by atoms with E-state index in [2.05, 4.69) is 20.4 Å². The zero-order chi connectivity index (χ0) is 13.9. The van der Waals surface area contributed by atoms with Gasteiger partial charge in [0.2, 0.25) is 0 Å². The van der Waals surface area contributed by atoms with Crippen LogP contribution >= 0.6 is 11.3 Å². The lowest BCUT2D eigenvalue weighted by atomic mass is 10.1. The Morgan fingerprint density at radius 2 is 2.30 bits per heavy atom. The van der Waals surface area contributed by atoms with E-state index in [0.717, 1.165) is 22.0 Å². The highest BCUT2D eigenvalue weighted by molar-refractivity contribution is 7.09. The summed E-state index contributed by atoms with van der Waals surface area (Å²) in [7, 11) is 0. The predicted molar refractivity (Wildman–Crippen MR) is 77.4 cm³/mol. The Morgan fingerprint density at radius 3 is 3.00 bits per heavy atom. The van der Waals surface area contributed by atoms with E-state index in [9.17, 15) is 0 Å². The van der Waals surface area contributed by atoms with E-state index in [-0.39, 0.29) is 0 Å². The average molecular weight is 287 g/mol. The van der Waals surface area contributed by atoms with Crippen molar-refractivity contribution in [3.05, 3.63) is 40.3 Å². The van der Waals surface area contributed by atoms with Gasteiger partial charge in [-0.05, 0) is 19.1 Å². The fourth-order valence-corrected chi connectivity index (χ4v) is 2.41. The second-order valence-electron chi connectivity index (χ2n) is 4.25. The van der Waals surface area contributed by atoms with Gasteiger partial charge < -0.3 is 10.5 Å². The first-order chi connectivity index (χ1) is 9.72. The summed E-state index contributed by atoms with van der Waals surface area (Å²) in [5.41, 5.74) is 8.18. The Morgan fingerprint density at radius 1 is 1.40 bits per heavy atom. The summed E-state index contributed by atoms with van der Waals surface area (Å²) in [5, 5.41) is 13.3. The van der Waals surface area contributed by atoms with Gasteiger partial charge in [0, 0.05) is 10.9 Å². The van der Waals surface area contributed by atoms with Crippen LogP contribution in [0, 0.1) is 6.92 Å². The number of aromatic amines is 1. The van der Waals surface area contributed by atoms with Crippen LogP contribution in [-0.2, 0) is 6.61 Å². The minimum absolute atomic E-state index is 0.442. The van der Waals surface area contributed by atoms with Crippen LogP contribution in [0.2, 0.25) is 0 Å². The van der Waals surface area contributed by atoms with E-state index in [4.69, 9.17) is 10.5 Å². The maximum Gasteiger partial charge on any atom is 0.147 e. The molecule has 0 atom stereocenters. The van der Waals surface area contributed by atoms with Gasteiger partial charge in [-0.1, -0.05) is 17.3 Å². The van der Waals surface area contributed by atoms with Gasteiger partial charge in [0.05, 0.1) is 10.7 Å². The third-order valence-electron chi connectivity index (χ3n) is 2.74. The number of nitrogens with two attached hydrogens (primary N) is 1. The van der Waals surface area contributed by atoms with Gasteiger partial charge in [0.1, 0.15) is 23.9 Å². The van der Waals surface area contributed by atoms with Crippen molar-refractivity contribution in [3.63, 3.8) is 0 Å². The van der Waals surface area contributed by atoms with Crippen LogP contribution in [0.4, 0.5) is 5.82 Å². The molecule has 0 aliphatic rings. The third-order valence-corrected chi connectivity index (χ3v) is 3.56. The smallest absolute Gasteiger partial charge is 0.147 e. The molecule has 0 radical (unpaired) electrons. The summed E-state index contributed by atoms with van der Waals surface area (Å²) in [6.07, 6.45) is 0. The Labute approximate surface area is 119 Å². The number of rotatable bonds is 4. The molecule has 0 aliphatic heterocycles. The van der Waals surface area contributed by atoms with Crippen molar-refractivity contribution < 1.29 is 4.74 Å². The predicted octanol–water partition coefficient (Wildman–Crippen LogP) is 2.40. The van der Waals surface area contributed by atoms with E-state index in [1.54, 1.807) is 11.3 Å². The lowest BCUT2D eigenvalue weighted by molar-refractivity contribution is 0.302. The quantitative estimate of drug-likeness (QED) is 0.769. The summed E-state index contributed by atoms with van der Waals surface area (Å²) in [4.78, 5) is 4.36. The Bertz CT molecular complexity index is 721. The monoisotopic (exact) mass is 287 g/mol. The van der Waals surface area contributed by atoms with E-state index in [0.29, 0.717) is 18.1 Å². The molecule has 0 amide bonds. The van der Waals surface area contributed by atoms with Crippen molar-refractivity contribution in [2.75, 3.05) is 5.73 Å². The Balaban J connectivity index is 1.76. The normalized spacial score (nSPS) is 10.7. The van der Waals surface area contributed by atoms with Crippen LogP contribution < -0.4 is 10.5 Å². The zero-order valence-electron chi connectivity index (χ0n) is 10.8. The summed E-state index contributed by atoms with van der Waals surface area (Å²) in [6, 6.07) is 7.57. The van der Waals surface area contributed by atoms with Crippen molar-refractivity contribution >= 4 is 17.2 Å². The lowest BCUT2D eigenvalue weighted by Gasteiger charge is -2.05. The first kappa shape index (κ1) is 12.6. The van der Waals surface area contributed by atoms with E-state index in [1.165, 1.54) is 0 Å². The second-order valence-corrected chi connectivity index (χ2v) is 5.31. The van der Waals surface area contributed by atoms with Gasteiger partial charge in [0.25, 0.3) is 0 Å². The number of hydrogen-bond acceptors (Lipinski definition) is 6. The minimum Gasteiger partial charge on any atom is -0.487 e. The van der Waals surface area contributed by atoms with E-state index in [1.807, 2.05) is 36.6 Å². The number of benzene rings is 1. The molecule has 0 saturated heterocycles. The van der Waals surface area contributed by atoms with Gasteiger partial charge in [-0.25, -0.2) is 10.1 Å². The average Bonchev–Trinajstić information content (AvgIpc) is 3.05. The number of H-pyrrole nitrogens is 1. The molecule has 2 heterocycles. The first-order valence-corrected chi connectivity index (χ1v) is 6.91. The van der Waals surface area contributed by atoms with Gasteiger partial charge in [-0.2, -0.15) is 0 Å². The molecule has 7 heteroatoms. The fourth-order valence-electron chi connectivity index (χ4n) is 1.81. The standard InChI is InChI=1S/C13H13N5OS/c1-8-15-10(7-20-8)6-19-11-4-2-3-9(5-11)12-13(14)17-18-16-12/h2-5,7H,6H2,1H3,(H3,14,16,17,18). The molecule has 3 aromatic rings. The van der Waals surface area contributed by atoms with Crippen LogP contribution in [0.5, 0.6) is 5.75 Å². The lowest BCUT2D eigenvalue weighted by Crippen LogP contribution is -1.96. The maximum atomic E-state index is 5.76. The molecule has 0 saturated carbocycles. The van der Waals surface area contributed by atoms with Crippen molar-refractivity contribution in [2.24, 2.45) is 0 Å². The first-order valence-electron chi connectivity index (χ1n) is 6.03. The SMILES string of the molecule is Cc1nc(COc2cccc(-c3nn[nH]c3N)c2)cs1. The van der Waals surface area contributed by atoms with E-state index < -0.39 is 0 Å². The van der Waals surface area contributed by atoms with Crippen LogP contribution in [0.15, 0.2) is 29.6 Å². The number of aromatic nitrogens is 4. The van der Waals surface area contributed by atoms with Crippen molar-refractivity contribution in [3.8, 4) is 17.0 Å². The van der Waals surface area contributed by atoms with Gasteiger partial charge in [-0.15, -0.1) is 16.4 Å². The number of hydrogen-bond donors (Lipinski definition) is 2. The van der Waals surface area contributed by atoms with Crippen molar-refractivity contribution in [2.45, 2.75) is 13.5 Å². The van der Waals surface area contributed by atoms with Gasteiger partial charge in [-0.3, -0.25) is 0 Å². The highest BCUT2D eigenvalue weighted by Gasteiger charge is 2.08. The molecule has 6 nitrogen and oxygen atoms in total. The molecule has 20 heavy (non-hydrogen) atoms. The highest BCUT2D eigenvalue weighted by atomic mass is 32.1. The van der Waals surface area contributed by atoms with Crippen LogP contribution in [0.1, 0.15) is 10.7 Å². The molecule has 2 aromatic heterocycles. The summed E-state index contributed by atoms with van der Waals surface area (Å²) in [6.45, 7) is 2.42. The third kappa shape index (κ3) is 2.62. The number of anilines is 1. The molecule has 3 N–H and O–H groups in total. The molecule has 1 aromatic carbocycles. The van der Waals surface area contributed by atoms with Crippen LogP contribution in [0.25, 0.3) is 11.3 Å². The fraction of sp³-hybridized carbons (Fsp3) is 0.154. The Kier molecular flexibility index (Phi) is 3.34. The molecule has 0 aliphatic carbocycles. The molecule has 0 bridgehead atoms. The topological polar surface area (TPSA) is 89.7 Å². The molecular weight excluding hydrogens is 274 g/mol. The highest BCUT2D eigenvalue weighted by Crippen LogP contribution is 2.25. The number of ether oxygens (including phenoxy) is 1. The number of nitrogens with one attached hydrogen (secondary N) is 1. The maximum absolute atomic E-state index is 5.76. The summed E-state index contributed by atoms with van der Waals surface area (Å²) < 4.78 is 5.73. The molecule has 102 valence electrons. The van der Waals surface area contributed by atoms with E-state index >= 15 is 0 Å². The number of nitrogen functional groups attached to an aromatic ring is 1. The molecule has 0 fully saturated rings. The zero-order valence-corrected chi connectivity index (χ0v) is 11.6. The molecule has 0 unspecified atom stereocenters. The van der Waals surface area contributed by atoms with Gasteiger partial charge in [0.15, 0.2) is 0 Å². The summed E-state index contributed by atoms with van der Waals surface area (Å²) in [5.74, 6) is 1.19.